The van der Waals surface area contributed by atoms with Gasteiger partial charge in [0.15, 0.2) is 17.3 Å². The number of primary amides is 1. The van der Waals surface area contributed by atoms with Gasteiger partial charge in [-0.2, -0.15) is 0 Å². The zero-order chi connectivity index (χ0) is 31.7. The predicted octanol–water partition coefficient (Wildman–Crippen LogP) is 4.28. The number of aryl methyl sites for hydroxylation is 1. The van der Waals surface area contributed by atoms with Crippen LogP contribution < -0.4 is 21.3 Å². The van der Waals surface area contributed by atoms with Crippen molar-refractivity contribution >= 4 is 28.9 Å². The van der Waals surface area contributed by atoms with Gasteiger partial charge >= 0.3 is 0 Å². The summed E-state index contributed by atoms with van der Waals surface area (Å²) >= 11 is 0. The zero-order valence-electron chi connectivity index (χ0n) is 27.2. The van der Waals surface area contributed by atoms with Crippen LogP contribution in [0.5, 0.6) is 0 Å². The van der Waals surface area contributed by atoms with Crippen LogP contribution in [-0.4, -0.2) is 102 Å². The third-order valence-electron chi connectivity index (χ3n) is 10.5. The van der Waals surface area contributed by atoms with E-state index in [2.05, 4.69) is 49.5 Å². The first-order valence-electron chi connectivity index (χ1n) is 16.9. The van der Waals surface area contributed by atoms with E-state index in [4.69, 9.17) is 20.4 Å². The molecule has 11 heteroatoms. The summed E-state index contributed by atoms with van der Waals surface area (Å²) in [7, 11) is 2.24. The van der Waals surface area contributed by atoms with Gasteiger partial charge in [-0.1, -0.05) is 6.07 Å². The van der Waals surface area contributed by atoms with Gasteiger partial charge in [0.1, 0.15) is 5.69 Å². The maximum Gasteiger partial charge on any atom is 0.271 e. The Hall–Kier alpha value is -3.80. The molecule has 4 N–H and O–H groups in total. The first kappa shape index (κ1) is 30.8. The van der Waals surface area contributed by atoms with E-state index in [0.29, 0.717) is 47.7 Å². The molecule has 1 amide bonds. The highest BCUT2D eigenvalue weighted by molar-refractivity contribution is 5.97. The highest BCUT2D eigenvalue weighted by Crippen LogP contribution is 2.40. The first-order chi connectivity index (χ1) is 22.4. The Balaban J connectivity index is 1.04. The molecular formula is C35H47N9O2. The van der Waals surface area contributed by atoms with E-state index in [1.807, 2.05) is 31.2 Å². The van der Waals surface area contributed by atoms with Crippen LogP contribution >= 0.6 is 0 Å². The second kappa shape index (κ2) is 13.1. The van der Waals surface area contributed by atoms with Gasteiger partial charge in [-0.25, -0.2) is 9.97 Å². The van der Waals surface area contributed by atoms with Crippen molar-refractivity contribution in [3.05, 3.63) is 53.9 Å². The molecule has 0 aliphatic carbocycles. The highest BCUT2D eigenvalue weighted by Gasteiger charge is 2.44. The minimum absolute atomic E-state index is 0.0803. The fraction of sp³-hybridized carbons (Fsp3) is 0.543. The maximum atomic E-state index is 12.7. The molecule has 0 atom stereocenters. The van der Waals surface area contributed by atoms with Gasteiger partial charge in [0.25, 0.3) is 5.91 Å². The van der Waals surface area contributed by atoms with E-state index < -0.39 is 5.91 Å². The van der Waals surface area contributed by atoms with Gasteiger partial charge < -0.3 is 35.8 Å². The number of hydrogen-bond acceptors (Lipinski definition) is 10. The number of aromatic nitrogens is 3. The molecule has 1 spiro atoms. The number of carbonyl (C=O) groups is 1. The number of carbonyl (C=O) groups excluding carboxylic acids is 1. The van der Waals surface area contributed by atoms with Gasteiger partial charge in [0.05, 0.1) is 5.69 Å². The summed E-state index contributed by atoms with van der Waals surface area (Å²) in [6, 6.07) is 13.1. The summed E-state index contributed by atoms with van der Waals surface area (Å²) in [5.41, 5.74) is 10.7. The molecule has 11 nitrogen and oxygen atoms in total. The number of anilines is 4. The van der Waals surface area contributed by atoms with Gasteiger partial charge in [0, 0.05) is 69.0 Å². The Morgan fingerprint density at radius 2 is 1.65 bits per heavy atom. The summed E-state index contributed by atoms with van der Waals surface area (Å²) in [6.07, 6.45) is 8.55. The Morgan fingerprint density at radius 1 is 0.935 bits per heavy atom. The van der Waals surface area contributed by atoms with E-state index in [1.165, 1.54) is 57.5 Å². The fourth-order valence-electron chi connectivity index (χ4n) is 7.89. The number of pyridine rings is 1. The highest BCUT2D eigenvalue weighted by atomic mass is 16.5. The van der Waals surface area contributed by atoms with Crippen LogP contribution in [0.3, 0.4) is 0 Å². The molecule has 4 aliphatic heterocycles. The summed E-state index contributed by atoms with van der Waals surface area (Å²) in [4.78, 5) is 34.6. The molecule has 46 heavy (non-hydrogen) atoms. The summed E-state index contributed by atoms with van der Waals surface area (Å²) in [6.45, 7) is 10.6. The van der Waals surface area contributed by atoms with Gasteiger partial charge in [0.2, 0.25) is 0 Å². The van der Waals surface area contributed by atoms with Crippen LogP contribution in [0, 0.1) is 12.3 Å². The largest absolute Gasteiger partial charge is 0.381 e. The molecule has 4 aliphatic rings. The monoisotopic (exact) mass is 625 g/mol. The number of ether oxygens (including phenoxy) is 1. The van der Waals surface area contributed by atoms with Crippen LogP contribution in [0.25, 0.3) is 11.4 Å². The second-order valence-electron chi connectivity index (χ2n) is 13.8. The number of rotatable bonds is 8. The predicted molar refractivity (Wildman–Crippen MR) is 182 cm³/mol. The molecule has 2 aromatic heterocycles. The van der Waals surface area contributed by atoms with Crippen molar-refractivity contribution in [3.8, 4) is 11.4 Å². The van der Waals surface area contributed by atoms with Crippen molar-refractivity contribution in [1.82, 2.24) is 24.8 Å². The second-order valence-corrected chi connectivity index (χ2v) is 13.8. The molecule has 0 unspecified atom stereocenters. The Morgan fingerprint density at radius 3 is 2.30 bits per heavy atom. The normalized spacial score (nSPS) is 21.2. The molecule has 3 aromatic rings. The summed E-state index contributed by atoms with van der Waals surface area (Å²) < 4.78 is 5.56. The number of nitrogens with zero attached hydrogens (tertiary/aromatic N) is 6. The average molecular weight is 626 g/mol. The van der Waals surface area contributed by atoms with Crippen LogP contribution in [0.4, 0.5) is 23.0 Å². The molecule has 1 aromatic carbocycles. The van der Waals surface area contributed by atoms with Crippen LogP contribution in [0.1, 0.15) is 54.6 Å². The summed E-state index contributed by atoms with van der Waals surface area (Å²) in [5.74, 6) is 0.250. The topological polar surface area (TPSA) is 125 Å². The first-order valence-corrected chi connectivity index (χ1v) is 16.9. The lowest BCUT2D eigenvalue weighted by molar-refractivity contribution is -0.0419. The molecule has 7 rings (SSSR count). The third-order valence-corrected chi connectivity index (χ3v) is 10.5. The van der Waals surface area contributed by atoms with E-state index in [9.17, 15) is 4.79 Å². The summed E-state index contributed by atoms with van der Waals surface area (Å²) in [5, 5.41) is 6.90. The van der Waals surface area contributed by atoms with E-state index >= 15 is 0 Å². The zero-order valence-corrected chi connectivity index (χ0v) is 27.2. The average Bonchev–Trinajstić information content (AvgIpc) is 3.06. The third kappa shape index (κ3) is 6.54. The number of nitrogens with one attached hydrogen (secondary N) is 2. The number of piperidine rings is 2. The number of benzene rings is 1. The molecule has 6 heterocycles. The van der Waals surface area contributed by atoms with Crippen LogP contribution in [-0.2, 0) is 4.74 Å². The molecule has 0 radical (unpaired) electrons. The van der Waals surface area contributed by atoms with Crippen molar-refractivity contribution in [2.45, 2.75) is 57.5 Å². The number of amides is 1. The lowest BCUT2D eigenvalue weighted by Gasteiger charge is -2.54. The lowest BCUT2D eigenvalue weighted by Crippen LogP contribution is -2.60. The van der Waals surface area contributed by atoms with Crippen molar-refractivity contribution in [2.24, 2.45) is 11.1 Å². The SMILES string of the molecule is Cc1cccnc1-c1nc(C(N)=O)c(Nc2ccc(N3CCC(N4CCC5(CC4)CN(C)C5)CC3)cc2)nc1NC1CCOCC1. The van der Waals surface area contributed by atoms with E-state index in [-0.39, 0.29) is 11.7 Å². The Bertz CT molecular complexity index is 1520. The van der Waals surface area contributed by atoms with E-state index in [0.717, 1.165) is 37.2 Å². The molecule has 244 valence electrons. The van der Waals surface area contributed by atoms with Gasteiger partial charge in [-0.05, 0) is 107 Å². The number of likely N-dealkylation sites (tertiary alicyclic amines) is 2. The molecule has 0 saturated carbocycles. The van der Waals surface area contributed by atoms with Crippen LogP contribution in [0.15, 0.2) is 42.6 Å². The quantitative estimate of drug-likeness (QED) is 0.334. The Kier molecular flexibility index (Phi) is 8.80. The standard InChI is InChI=1S/C35H47N9O2/c1-24-4-3-15-37-29(24)30-33(39-26-11-20-46-21-12-26)41-34(31(40-30)32(36)45)38-25-5-7-27(8-6-25)43-16-9-28(10-17-43)44-18-13-35(14-19-44)22-42(2)23-35/h3-8,15,26,28H,9-14,16-23H2,1-2H3,(H2,36,45)(H2,38,39,41). The lowest BCUT2D eigenvalue weighted by atomic mass is 9.72. The van der Waals surface area contributed by atoms with Gasteiger partial charge in [-0.15, -0.1) is 0 Å². The maximum absolute atomic E-state index is 12.7. The van der Waals surface area contributed by atoms with Crippen molar-refractivity contribution in [1.29, 1.82) is 0 Å². The smallest absolute Gasteiger partial charge is 0.271 e. The molecule has 4 saturated heterocycles. The van der Waals surface area contributed by atoms with Crippen molar-refractivity contribution in [2.75, 3.05) is 75.1 Å². The van der Waals surface area contributed by atoms with Crippen molar-refractivity contribution < 1.29 is 9.53 Å². The fourth-order valence-corrected chi connectivity index (χ4v) is 7.89. The number of hydrogen-bond donors (Lipinski definition) is 3. The molecule has 0 bridgehead atoms. The van der Waals surface area contributed by atoms with Crippen molar-refractivity contribution in [3.63, 3.8) is 0 Å². The van der Waals surface area contributed by atoms with Crippen LogP contribution in [0.2, 0.25) is 0 Å². The van der Waals surface area contributed by atoms with E-state index in [1.54, 1.807) is 6.20 Å². The van der Waals surface area contributed by atoms with Gasteiger partial charge in [-0.3, -0.25) is 9.78 Å². The minimum atomic E-state index is -0.647. The number of nitrogens with two attached hydrogens (primary N) is 1. The molecule has 4 fully saturated rings. The minimum Gasteiger partial charge on any atom is -0.381 e. The molecular weight excluding hydrogens is 578 g/mol. The Labute approximate surface area is 271 Å².